The van der Waals surface area contributed by atoms with Crippen LogP contribution in [0.5, 0.6) is 0 Å². The van der Waals surface area contributed by atoms with Crippen molar-refractivity contribution < 1.29 is 18.3 Å². The number of anilines is 1. The first-order chi connectivity index (χ1) is 12.3. The smallest absolute Gasteiger partial charge is 0.398 e. The summed E-state index contributed by atoms with van der Waals surface area (Å²) in [5, 5.41) is 11.2. The summed E-state index contributed by atoms with van der Waals surface area (Å²) < 4.78 is 42.9. The molecule has 3 N–H and O–H groups in total. The largest absolute Gasteiger partial charge is 0.428 e. The Labute approximate surface area is 150 Å². The van der Waals surface area contributed by atoms with E-state index in [9.17, 15) is 18.3 Å². The van der Waals surface area contributed by atoms with Crippen molar-refractivity contribution in [2.45, 2.75) is 11.8 Å². The highest BCUT2D eigenvalue weighted by atomic mass is 32.1. The lowest BCUT2D eigenvalue weighted by atomic mass is 9.88. The van der Waals surface area contributed by atoms with Crippen LogP contribution < -0.4 is 5.73 Å². The molecule has 0 fully saturated rings. The molecule has 0 aliphatic heterocycles. The van der Waals surface area contributed by atoms with E-state index in [1.165, 1.54) is 18.2 Å². The standard InChI is InChI=1S/C19H13F3N2OS/c20-19(21,22)18(25,17-24-15-7-3-4-8-16(15)26-17)13-9-10-14(23)12-6-2-1-5-11(12)13/h1-10,25H,23H2/t18-/m0/s1. The number of rotatable bonds is 2. The number of thiazole rings is 1. The second kappa shape index (κ2) is 5.69. The number of halogens is 3. The number of para-hydroxylation sites is 1. The fourth-order valence-electron chi connectivity index (χ4n) is 3.05. The molecule has 0 amide bonds. The number of hydrogen-bond acceptors (Lipinski definition) is 4. The first-order valence-corrected chi connectivity index (χ1v) is 8.57. The first kappa shape index (κ1) is 16.8. The highest BCUT2D eigenvalue weighted by Crippen LogP contribution is 2.48. The monoisotopic (exact) mass is 374 g/mol. The normalized spacial score (nSPS) is 14.6. The minimum absolute atomic E-state index is 0.242. The van der Waals surface area contributed by atoms with Crippen molar-refractivity contribution in [1.29, 1.82) is 0 Å². The van der Waals surface area contributed by atoms with Crippen LogP contribution in [0.3, 0.4) is 0 Å². The van der Waals surface area contributed by atoms with Gasteiger partial charge in [0.15, 0.2) is 0 Å². The second-order valence-corrected chi connectivity index (χ2v) is 6.97. The van der Waals surface area contributed by atoms with E-state index < -0.39 is 16.8 Å². The molecule has 132 valence electrons. The number of alkyl halides is 3. The summed E-state index contributed by atoms with van der Waals surface area (Å²) in [6.45, 7) is 0. The minimum atomic E-state index is -4.96. The molecule has 0 saturated heterocycles. The Kier molecular flexibility index (Phi) is 3.68. The summed E-state index contributed by atoms with van der Waals surface area (Å²) in [6.07, 6.45) is -4.96. The quantitative estimate of drug-likeness (QED) is 0.494. The summed E-state index contributed by atoms with van der Waals surface area (Å²) in [5.41, 5.74) is 3.14. The zero-order valence-electron chi connectivity index (χ0n) is 13.3. The maximum Gasteiger partial charge on any atom is 0.428 e. The molecule has 0 aliphatic rings. The topological polar surface area (TPSA) is 59.1 Å². The molecule has 26 heavy (non-hydrogen) atoms. The Morgan fingerprint density at radius 2 is 1.54 bits per heavy atom. The van der Waals surface area contributed by atoms with Gasteiger partial charge in [0, 0.05) is 16.6 Å². The van der Waals surface area contributed by atoms with Crippen LogP contribution in [0.15, 0.2) is 60.7 Å². The van der Waals surface area contributed by atoms with Gasteiger partial charge in [-0.3, -0.25) is 0 Å². The number of nitrogen functional groups attached to an aromatic ring is 1. The fraction of sp³-hybridized carbons (Fsp3) is 0.105. The van der Waals surface area contributed by atoms with E-state index in [1.807, 2.05) is 0 Å². The summed E-state index contributed by atoms with van der Waals surface area (Å²) in [5.74, 6) is 0. The molecule has 0 aliphatic carbocycles. The van der Waals surface area contributed by atoms with E-state index >= 15 is 0 Å². The van der Waals surface area contributed by atoms with Gasteiger partial charge in [-0.25, -0.2) is 4.98 Å². The van der Waals surface area contributed by atoms with Gasteiger partial charge in [0.25, 0.3) is 0 Å². The van der Waals surface area contributed by atoms with Crippen LogP contribution in [0.1, 0.15) is 10.6 Å². The van der Waals surface area contributed by atoms with Crippen LogP contribution in [-0.2, 0) is 5.60 Å². The van der Waals surface area contributed by atoms with Crippen molar-refractivity contribution in [3.8, 4) is 0 Å². The van der Waals surface area contributed by atoms with Crippen molar-refractivity contribution in [3.05, 3.63) is 71.2 Å². The van der Waals surface area contributed by atoms with Gasteiger partial charge in [-0.15, -0.1) is 11.3 Å². The van der Waals surface area contributed by atoms with Gasteiger partial charge in [-0.05, 0) is 23.6 Å². The zero-order valence-corrected chi connectivity index (χ0v) is 14.1. The molecule has 7 heteroatoms. The molecular weight excluding hydrogens is 361 g/mol. The van der Waals surface area contributed by atoms with Gasteiger partial charge < -0.3 is 10.8 Å². The lowest BCUT2D eigenvalue weighted by Gasteiger charge is -2.30. The molecule has 0 spiro atoms. The van der Waals surface area contributed by atoms with E-state index in [1.54, 1.807) is 42.5 Å². The Bertz CT molecular complexity index is 1090. The van der Waals surface area contributed by atoms with Gasteiger partial charge >= 0.3 is 6.18 Å². The average Bonchev–Trinajstić information content (AvgIpc) is 3.05. The zero-order chi connectivity index (χ0) is 18.5. The third-order valence-electron chi connectivity index (χ3n) is 4.36. The van der Waals surface area contributed by atoms with Crippen LogP contribution in [-0.4, -0.2) is 16.3 Å². The third kappa shape index (κ3) is 2.35. The molecule has 0 saturated carbocycles. The second-order valence-electron chi connectivity index (χ2n) is 5.94. The van der Waals surface area contributed by atoms with Crippen molar-refractivity contribution in [3.63, 3.8) is 0 Å². The van der Waals surface area contributed by atoms with Crippen molar-refractivity contribution in [2.24, 2.45) is 0 Å². The van der Waals surface area contributed by atoms with Crippen LogP contribution >= 0.6 is 11.3 Å². The predicted octanol–water partition coefficient (Wildman–Crippen LogP) is 4.83. The number of fused-ring (bicyclic) bond motifs is 2. The highest BCUT2D eigenvalue weighted by Gasteiger charge is 2.59. The van der Waals surface area contributed by atoms with Crippen LogP contribution in [0.25, 0.3) is 21.0 Å². The van der Waals surface area contributed by atoms with Gasteiger partial charge in [-0.2, -0.15) is 13.2 Å². The van der Waals surface area contributed by atoms with Crippen LogP contribution in [0.2, 0.25) is 0 Å². The minimum Gasteiger partial charge on any atom is -0.398 e. The van der Waals surface area contributed by atoms with Crippen molar-refractivity contribution in [2.75, 3.05) is 5.73 Å². The maximum absolute atomic E-state index is 14.1. The Balaban J connectivity index is 2.07. The average molecular weight is 374 g/mol. The number of aliphatic hydroxyl groups is 1. The molecule has 0 unspecified atom stereocenters. The first-order valence-electron chi connectivity index (χ1n) is 7.75. The number of hydrogen-bond donors (Lipinski definition) is 2. The van der Waals surface area contributed by atoms with E-state index in [-0.39, 0.29) is 10.9 Å². The molecule has 1 atom stereocenters. The van der Waals surface area contributed by atoms with E-state index in [0.717, 1.165) is 11.3 Å². The molecule has 1 heterocycles. The Hall–Kier alpha value is -2.64. The molecular formula is C19H13F3N2OS. The van der Waals surface area contributed by atoms with Gasteiger partial charge in [0.05, 0.1) is 10.2 Å². The molecule has 4 aromatic rings. The van der Waals surface area contributed by atoms with Crippen LogP contribution in [0, 0.1) is 0 Å². The molecule has 1 aromatic heterocycles. The van der Waals surface area contributed by atoms with E-state index in [4.69, 9.17) is 5.73 Å². The van der Waals surface area contributed by atoms with Crippen LogP contribution in [0.4, 0.5) is 18.9 Å². The summed E-state index contributed by atoms with van der Waals surface area (Å²) in [6, 6.07) is 15.7. The molecule has 3 aromatic carbocycles. The van der Waals surface area contributed by atoms with Crippen molar-refractivity contribution in [1.82, 2.24) is 4.98 Å². The number of aromatic nitrogens is 1. The molecule has 3 nitrogen and oxygen atoms in total. The number of nitrogens with two attached hydrogens (primary N) is 1. The summed E-state index contributed by atoms with van der Waals surface area (Å²) >= 11 is 0.826. The van der Waals surface area contributed by atoms with E-state index in [2.05, 4.69) is 4.98 Å². The Morgan fingerprint density at radius 1 is 0.885 bits per heavy atom. The molecule has 0 bridgehead atoms. The number of benzene rings is 3. The molecule has 4 rings (SSSR count). The SMILES string of the molecule is Nc1ccc([C@](O)(c2nc3ccccc3s2)C(F)(F)F)c2ccccc12. The van der Waals surface area contributed by atoms with Gasteiger partial charge in [0.2, 0.25) is 5.60 Å². The lowest BCUT2D eigenvalue weighted by molar-refractivity contribution is -0.247. The van der Waals surface area contributed by atoms with Gasteiger partial charge in [-0.1, -0.05) is 42.5 Å². The third-order valence-corrected chi connectivity index (χ3v) is 5.51. The highest BCUT2D eigenvalue weighted by molar-refractivity contribution is 7.18. The van der Waals surface area contributed by atoms with Crippen molar-refractivity contribution >= 4 is 38.0 Å². The summed E-state index contributed by atoms with van der Waals surface area (Å²) in [7, 11) is 0. The predicted molar refractivity (Wildman–Crippen MR) is 97.0 cm³/mol. The number of nitrogens with zero attached hydrogens (tertiary/aromatic N) is 1. The van der Waals surface area contributed by atoms with E-state index in [0.29, 0.717) is 21.3 Å². The van der Waals surface area contributed by atoms with Gasteiger partial charge in [0.1, 0.15) is 5.01 Å². The Morgan fingerprint density at radius 3 is 2.23 bits per heavy atom. The maximum atomic E-state index is 14.1. The molecule has 0 radical (unpaired) electrons. The summed E-state index contributed by atoms with van der Waals surface area (Å²) in [4.78, 5) is 4.07. The lowest BCUT2D eigenvalue weighted by Crippen LogP contribution is -2.43. The fourth-order valence-corrected chi connectivity index (χ4v) is 4.14.